The van der Waals surface area contributed by atoms with Crippen molar-refractivity contribution in [1.29, 1.82) is 0 Å². The summed E-state index contributed by atoms with van der Waals surface area (Å²) in [7, 11) is 0. The van der Waals surface area contributed by atoms with Crippen LogP contribution in [0.2, 0.25) is 0 Å². The Bertz CT molecular complexity index is 1100. The zero-order valence-corrected chi connectivity index (χ0v) is 17.6. The van der Waals surface area contributed by atoms with Crippen LogP contribution in [0.3, 0.4) is 0 Å². The Morgan fingerprint density at radius 3 is 2.86 bits per heavy atom. The molecule has 1 aliphatic heterocycles. The lowest BCUT2D eigenvalue weighted by atomic mass is 10.00. The van der Waals surface area contributed by atoms with Crippen LogP contribution in [0.1, 0.15) is 28.8 Å². The Balaban J connectivity index is 1.34. The molecule has 2 aromatic heterocycles. The Kier molecular flexibility index (Phi) is 5.73. The normalized spacial score (nSPS) is 14.1. The van der Waals surface area contributed by atoms with Crippen molar-refractivity contribution in [2.75, 3.05) is 19.6 Å². The molecule has 8 heteroatoms. The average Bonchev–Trinajstić information content (AvgIpc) is 3.17. The second-order valence-electron chi connectivity index (χ2n) is 7.33. The quantitative estimate of drug-likeness (QED) is 0.670. The van der Waals surface area contributed by atoms with Crippen LogP contribution >= 0.6 is 11.3 Å². The van der Waals surface area contributed by atoms with E-state index in [2.05, 4.69) is 44.6 Å². The Morgan fingerprint density at radius 1 is 1.28 bits per heavy atom. The van der Waals surface area contributed by atoms with E-state index in [1.165, 1.54) is 27.1 Å². The van der Waals surface area contributed by atoms with Crippen molar-refractivity contribution in [2.24, 2.45) is 0 Å². The Labute approximate surface area is 173 Å². The zero-order chi connectivity index (χ0) is 20.4. The summed E-state index contributed by atoms with van der Waals surface area (Å²) in [5.74, 6) is -0.207. The molecule has 0 aliphatic carbocycles. The van der Waals surface area contributed by atoms with Crippen molar-refractivity contribution < 1.29 is 4.79 Å². The second kappa shape index (κ2) is 8.42. The number of rotatable bonds is 6. The predicted molar refractivity (Wildman–Crippen MR) is 114 cm³/mol. The monoisotopic (exact) mass is 411 g/mol. The molecule has 4 rings (SSSR count). The van der Waals surface area contributed by atoms with Crippen LogP contribution in [0.4, 0.5) is 0 Å². The molecule has 1 amide bonds. The molecule has 0 radical (unpaired) electrons. The third kappa shape index (κ3) is 4.23. The Morgan fingerprint density at radius 2 is 2.07 bits per heavy atom. The molecule has 0 fully saturated rings. The van der Waals surface area contributed by atoms with E-state index in [1.807, 2.05) is 13.8 Å². The minimum atomic E-state index is -0.302. The fourth-order valence-electron chi connectivity index (χ4n) is 3.70. The molecule has 0 saturated heterocycles. The number of fused-ring (bicyclic) bond motifs is 2. The van der Waals surface area contributed by atoms with E-state index in [4.69, 9.17) is 0 Å². The van der Waals surface area contributed by atoms with Crippen molar-refractivity contribution >= 4 is 27.5 Å². The number of nitrogens with zero attached hydrogens (tertiary/aromatic N) is 4. The van der Waals surface area contributed by atoms with E-state index in [0.29, 0.717) is 12.1 Å². The van der Waals surface area contributed by atoms with Crippen LogP contribution in [0.5, 0.6) is 0 Å². The number of amides is 1. The topological polar surface area (TPSA) is 80.1 Å². The van der Waals surface area contributed by atoms with Crippen molar-refractivity contribution in [3.05, 3.63) is 56.4 Å². The van der Waals surface area contributed by atoms with Crippen LogP contribution < -0.4 is 10.9 Å². The molecule has 0 unspecified atom stereocenters. The molecule has 29 heavy (non-hydrogen) atoms. The molecule has 3 heterocycles. The Hall–Kier alpha value is -2.58. The lowest BCUT2D eigenvalue weighted by Gasteiger charge is -2.28. The van der Waals surface area contributed by atoms with Gasteiger partial charge in [-0.1, -0.05) is 31.2 Å². The number of aryl methyl sites for hydroxylation is 2. The van der Waals surface area contributed by atoms with Crippen LogP contribution in [0.15, 0.2) is 29.1 Å². The van der Waals surface area contributed by atoms with Gasteiger partial charge >= 0.3 is 0 Å². The maximum atomic E-state index is 12.6. The number of carbonyl (C=O) groups excluding carboxylic acids is 1. The minimum absolute atomic E-state index is 0.0859. The molecule has 0 atom stereocenters. The molecular formula is C21H25N5O2S. The molecule has 0 spiro atoms. The SMILES string of the molecule is CCc1nc2c(=O)n(CC(=O)NCCN3CCc4ccccc4C3)nc(C)c2s1. The largest absolute Gasteiger partial charge is 0.353 e. The lowest BCUT2D eigenvalue weighted by molar-refractivity contribution is -0.121. The number of nitrogens with one attached hydrogen (secondary N) is 1. The van der Waals surface area contributed by atoms with Gasteiger partial charge in [-0.05, 0) is 30.9 Å². The fourth-order valence-corrected chi connectivity index (χ4v) is 4.63. The first-order valence-electron chi connectivity index (χ1n) is 9.98. The third-order valence-electron chi connectivity index (χ3n) is 5.26. The summed E-state index contributed by atoms with van der Waals surface area (Å²) in [6.07, 6.45) is 1.82. The first kappa shape index (κ1) is 19.7. The van der Waals surface area contributed by atoms with Crippen LogP contribution in [-0.4, -0.2) is 45.2 Å². The van der Waals surface area contributed by atoms with Gasteiger partial charge in [0.25, 0.3) is 5.56 Å². The smallest absolute Gasteiger partial charge is 0.294 e. The van der Waals surface area contributed by atoms with Gasteiger partial charge in [-0.25, -0.2) is 9.67 Å². The van der Waals surface area contributed by atoms with Gasteiger partial charge in [0.15, 0.2) is 5.52 Å². The third-order valence-corrected chi connectivity index (χ3v) is 6.57. The predicted octanol–water partition coefficient (Wildman–Crippen LogP) is 1.90. The fraction of sp³-hybridized carbons (Fsp3) is 0.429. The highest BCUT2D eigenvalue weighted by molar-refractivity contribution is 7.18. The molecule has 1 aromatic carbocycles. The highest BCUT2D eigenvalue weighted by Crippen LogP contribution is 2.22. The summed E-state index contributed by atoms with van der Waals surface area (Å²) in [4.78, 5) is 31.8. The standard InChI is InChI=1S/C21H25N5O2S/c1-3-18-23-19-20(29-18)14(2)24-26(21(19)28)13-17(27)22-9-11-25-10-8-15-6-4-5-7-16(15)12-25/h4-7H,3,8-13H2,1-2H3,(H,22,27). The molecule has 1 N–H and O–H groups in total. The first-order valence-corrected chi connectivity index (χ1v) is 10.8. The van der Waals surface area contributed by atoms with E-state index in [0.717, 1.165) is 47.9 Å². The number of aromatic nitrogens is 3. The van der Waals surface area contributed by atoms with Crippen molar-refractivity contribution in [3.63, 3.8) is 0 Å². The maximum Gasteiger partial charge on any atom is 0.294 e. The highest BCUT2D eigenvalue weighted by Gasteiger charge is 2.17. The van der Waals surface area contributed by atoms with Gasteiger partial charge in [-0.2, -0.15) is 5.10 Å². The van der Waals surface area contributed by atoms with Crippen LogP contribution in [-0.2, 0) is 30.7 Å². The second-order valence-corrected chi connectivity index (χ2v) is 8.42. The van der Waals surface area contributed by atoms with E-state index in [9.17, 15) is 9.59 Å². The number of hydrogen-bond donors (Lipinski definition) is 1. The highest BCUT2D eigenvalue weighted by atomic mass is 32.1. The number of thiazole rings is 1. The van der Waals surface area contributed by atoms with Gasteiger partial charge in [0.1, 0.15) is 6.54 Å². The summed E-state index contributed by atoms with van der Waals surface area (Å²) in [6.45, 7) is 7.01. The van der Waals surface area contributed by atoms with Crippen molar-refractivity contribution in [1.82, 2.24) is 25.0 Å². The molecular weight excluding hydrogens is 386 g/mol. The van der Waals surface area contributed by atoms with Gasteiger partial charge in [-0.3, -0.25) is 14.5 Å². The molecule has 152 valence electrons. The van der Waals surface area contributed by atoms with Gasteiger partial charge in [0, 0.05) is 26.2 Å². The summed E-state index contributed by atoms with van der Waals surface area (Å²) in [6, 6.07) is 8.50. The van der Waals surface area contributed by atoms with Crippen LogP contribution in [0, 0.1) is 6.92 Å². The summed E-state index contributed by atoms with van der Waals surface area (Å²) >= 11 is 1.50. The summed E-state index contributed by atoms with van der Waals surface area (Å²) < 4.78 is 2.04. The maximum absolute atomic E-state index is 12.6. The van der Waals surface area contributed by atoms with Gasteiger partial charge in [-0.15, -0.1) is 11.3 Å². The zero-order valence-electron chi connectivity index (χ0n) is 16.8. The minimum Gasteiger partial charge on any atom is -0.353 e. The molecule has 0 saturated carbocycles. The average molecular weight is 412 g/mol. The number of hydrogen-bond acceptors (Lipinski definition) is 6. The molecule has 1 aliphatic rings. The van der Waals surface area contributed by atoms with Crippen LogP contribution in [0.25, 0.3) is 10.2 Å². The summed E-state index contributed by atoms with van der Waals surface area (Å²) in [5, 5.41) is 8.14. The van der Waals surface area contributed by atoms with Gasteiger partial charge < -0.3 is 5.32 Å². The summed E-state index contributed by atoms with van der Waals surface area (Å²) in [5.41, 5.74) is 3.62. The van der Waals surface area contributed by atoms with E-state index in [1.54, 1.807) is 0 Å². The molecule has 7 nitrogen and oxygen atoms in total. The van der Waals surface area contributed by atoms with E-state index < -0.39 is 0 Å². The molecule has 3 aromatic rings. The van der Waals surface area contributed by atoms with E-state index >= 15 is 0 Å². The van der Waals surface area contributed by atoms with Crippen molar-refractivity contribution in [3.8, 4) is 0 Å². The first-order chi connectivity index (χ1) is 14.0. The van der Waals surface area contributed by atoms with Crippen molar-refractivity contribution in [2.45, 2.75) is 39.8 Å². The lowest BCUT2D eigenvalue weighted by Crippen LogP contribution is -2.40. The molecule has 0 bridgehead atoms. The number of benzene rings is 1. The van der Waals surface area contributed by atoms with Gasteiger partial charge in [0.05, 0.1) is 15.4 Å². The number of carbonyl (C=O) groups is 1. The van der Waals surface area contributed by atoms with Gasteiger partial charge in [0.2, 0.25) is 5.91 Å². The van der Waals surface area contributed by atoms with E-state index in [-0.39, 0.29) is 18.0 Å².